The lowest BCUT2D eigenvalue weighted by Crippen LogP contribution is -2.55. The van der Waals surface area contributed by atoms with E-state index in [9.17, 15) is 4.79 Å². The molecule has 2 fully saturated rings. The number of carbonyl (C=O) groups is 1. The first-order valence-corrected chi connectivity index (χ1v) is 4.42. The van der Waals surface area contributed by atoms with Gasteiger partial charge in [0.1, 0.15) is 0 Å². The van der Waals surface area contributed by atoms with Crippen LogP contribution < -0.4 is 5.32 Å². The molecule has 4 heteroatoms. The van der Waals surface area contributed by atoms with Crippen molar-refractivity contribution >= 4 is 5.91 Å². The first-order valence-electron chi connectivity index (χ1n) is 4.42. The van der Waals surface area contributed by atoms with E-state index >= 15 is 0 Å². The van der Waals surface area contributed by atoms with Crippen molar-refractivity contribution in [3.63, 3.8) is 0 Å². The minimum atomic E-state index is -0.270. The Morgan fingerprint density at radius 1 is 1.50 bits per heavy atom. The highest BCUT2D eigenvalue weighted by molar-refractivity contribution is 5.77. The molecule has 0 aliphatic carbocycles. The average molecular weight is 170 g/mol. The Kier molecular flexibility index (Phi) is 2.02. The molecular formula is C8H14N2O2. The number of carbonyl (C=O) groups excluding carboxylic acids is 1. The minimum Gasteiger partial charge on any atom is -0.389 e. The highest BCUT2D eigenvalue weighted by Gasteiger charge is 2.31. The lowest BCUT2D eigenvalue weighted by molar-refractivity contribution is -0.142. The topological polar surface area (TPSA) is 52.6 Å². The van der Waals surface area contributed by atoms with Crippen LogP contribution in [0.3, 0.4) is 0 Å². The van der Waals surface area contributed by atoms with Gasteiger partial charge < -0.3 is 15.3 Å². The summed E-state index contributed by atoms with van der Waals surface area (Å²) < 4.78 is 0. The fourth-order valence-electron chi connectivity index (χ4n) is 1.53. The number of hydrogen-bond donors (Lipinski definition) is 2. The number of hydrogen-bond acceptors (Lipinski definition) is 3. The molecule has 1 amide bonds. The lowest BCUT2D eigenvalue weighted by atomic mass is 9.97. The van der Waals surface area contributed by atoms with Crippen LogP contribution in [-0.4, -0.2) is 48.2 Å². The molecule has 0 saturated carbocycles. The van der Waals surface area contributed by atoms with Crippen molar-refractivity contribution < 1.29 is 9.90 Å². The second-order valence-corrected chi connectivity index (χ2v) is 3.68. The summed E-state index contributed by atoms with van der Waals surface area (Å²) in [6.45, 7) is 3.03. The average Bonchev–Trinajstić information content (AvgIpc) is 1.90. The summed E-state index contributed by atoms with van der Waals surface area (Å²) in [7, 11) is 0. The molecule has 0 radical (unpaired) electrons. The van der Waals surface area contributed by atoms with Crippen molar-refractivity contribution in [3.05, 3.63) is 0 Å². The van der Waals surface area contributed by atoms with Gasteiger partial charge in [-0.1, -0.05) is 0 Å². The van der Waals surface area contributed by atoms with Gasteiger partial charge in [0.2, 0.25) is 5.91 Å². The summed E-state index contributed by atoms with van der Waals surface area (Å²) >= 11 is 0. The zero-order valence-corrected chi connectivity index (χ0v) is 6.99. The number of likely N-dealkylation sites (tertiary alicyclic amines) is 1. The van der Waals surface area contributed by atoms with E-state index in [1.807, 2.05) is 0 Å². The molecule has 0 aromatic rings. The fourth-order valence-corrected chi connectivity index (χ4v) is 1.53. The number of amides is 1. The number of β-amino-alcohol motifs (C(OH)–C–C–N with tert-alkyl or cyclic N) is 1. The van der Waals surface area contributed by atoms with Gasteiger partial charge in [-0.2, -0.15) is 0 Å². The molecule has 2 N–H and O–H groups in total. The Bertz CT molecular complexity index is 185. The number of aliphatic hydroxyl groups excluding tert-OH is 1. The van der Waals surface area contributed by atoms with E-state index in [0.717, 1.165) is 13.1 Å². The first-order chi connectivity index (χ1) is 5.75. The summed E-state index contributed by atoms with van der Waals surface area (Å²) in [4.78, 5) is 13.1. The molecule has 2 rings (SSSR count). The molecule has 2 aliphatic rings. The Balaban J connectivity index is 1.70. The molecule has 68 valence electrons. The standard InChI is InChI=1S/C8H14N2O2/c11-7-4-10(5-7)8(12)1-6-2-9-3-6/h6-7,9,11H,1-5H2. The van der Waals surface area contributed by atoms with Crippen molar-refractivity contribution in [2.24, 2.45) is 5.92 Å². The van der Waals surface area contributed by atoms with E-state index in [1.54, 1.807) is 4.90 Å². The van der Waals surface area contributed by atoms with Gasteiger partial charge in [0.05, 0.1) is 6.10 Å². The third kappa shape index (κ3) is 1.44. The Labute approximate surface area is 71.5 Å². The number of nitrogens with zero attached hydrogens (tertiary/aromatic N) is 1. The monoisotopic (exact) mass is 170 g/mol. The van der Waals surface area contributed by atoms with Gasteiger partial charge in [0.25, 0.3) is 0 Å². The maximum atomic E-state index is 11.4. The maximum absolute atomic E-state index is 11.4. The normalized spacial score (nSPS) is 24.9. The SMILES string of the molecule is O=C(CC1CNC1)N1CC(O)C1. The molecule has 0 atom stereocenters. The van der Waals surface area contributed by atoms with Crippen molar-refractivity contribution in [2.45, 2.75) is 12.5 Å². The van der Waals surface area contributed by atoms with E-state index < -0.39 is 0 Å². The van der Waals surface area contributed by atoms with Crippen LogP contribution in [0.5, 0.6) is 0 Å². The third-order valence-corrected chi connectivity index (χ3v) is 2.54. The predicted octanol–water partition coefficient (Wildman–Crippen LogP) is -1.20. The zero-order chi connectivity index (χ0) is 8.55. The van der Waals surface area contributed by atoms with Crippen molar-refractivity contribution in [1.82, 2.24) is 10.2 Å². The largest absolute Gasteiger partial charge is 0.389 e. The van der Waals surface area contributed by atoms with Crippen LogP contribution in [0.2, 0.25) is 0 Å². The second kappa shape index (κ2) is 3.03. The van der Waals surface area contributed by atoms with E-state index in [-0.39, 0.29) is 12.0 Å². The van der Waals surface area contributed by atoms with Crippen LogP contribution >= 0.6 is 0 Å². The van der Waals surface area contributed by atoms with Crippen LogP contribution in [0, 0.1) is 5.92 Å². The van der Waals surface area contributed by atoms with Gasteiger partial charge in [0, 0.05) is 19.5 Å². The minimum absolute atomic E-state index is 0.201. The Morgan fingerprint density at radius 3 is 2.58 bits per heavy atom. The van der Waals surface area contributed by atoms with Gasteiger partial charge >= 0.3 is 0 Å². The second-order valence-electron chi connectivity index (χ2n) is 3.68. The van der Waals surface area contributed by atoms with Crippen LogP contribution in [0.1, 0.15) is 6.42 Å². The van der Waals surface area contributed by atoms with Crippen LogP contribution in [-0.2, 0) is 4.79 Å². The van der Waals surface area contributed by atoms with Crippen LogP contribution in [0.4, 0.5) is 0 Å². The number of rotatable bonds is 2. The highest BCUT2D eigenvalue weighted by atomic mass is 16.3. The highest BCUT2D eigenvalue weighted by Crippen LogP contribution is 2.14. The molecule has 2 saturated heterocycles. The molecule has 0 unspecified atom stereocenters. The van der Waals surface area contributed by atoms with E-state index in [4.69, 9.17) is 5.11 Å². The van der Waals surface area contributed by atoms with Crippen molar-refractivity contribution in [3.8, 4) is 0 Å². The summed E-state index contributed by atoms with van der Waals surface area (Å²) in [6.07, 6.45) is 0.383. The molecule has 2 aliphatic heterocycles. The lowest BCUT2D eigenvalue weighted by Gasteiger charge is -2.38. The van der Waals surface area contributed by atoms with E-state index in [2.05, 4.69) is 5.32 Å². The summed E-state index contributed by atoms with van der Waals surface area (Å²) in [5.41, 5.74) is 0. The van der Waals surface area contributed by atoms with E-state index in [1.165, 1.54) is 0 Å². The molecule has 4 nitrogen and oxygen atoms in total. The molecule has 2 heterocycles. The van der Waals surface area contributed by atoms with Gasteiger partial charge in [0.15, 0.2) is 0 Å². The Morgan fingerprint density at radius 2 is 2.17 bits per heavy atom. The Hall–Kier alpha value is -0.610. The van der Waals surface area contributed by atoms with Gasteiger partial charge in [-0.15, -0.1) is 0 Å². The van der Waals surface area contributed by atoms with Gasteiger partial charge in [-0.3, -0.25) is 4.79 Å². The summed E-state index contributed by atoms with van der Waals surface area (Å²) in [5.74, 6) is 0.738. The van der Waals surface area contributed by atoms with Crippen LogP contribution in [0.15, 0.2) is 0 Å². The molecule has 12 heavy (non-hydrogen) atoms. The van der Waals surface area contributed by atoms with Crippen molar-refractivity contribution in [2.75, 3.05) is 26.2 Å². The number of aliphatic hydroxyl groups is 1. The zero-order valence-electron chi connectivity index (χ0n) is 6.99. The van der Waals surface area contributed by atoms with Gasteiger partial charge in [-0.25, -0.2) is 0 Å². The molecule has 0 spiro atoms. The maximum Gasteiger partial charge on any atom is 0.223 e. The third-order valence-electron chi connectivity index (χ3n) is 2.54. The molecular weight excluding hydrogens is 156 g/mol. The summed E-state index contributed by atoms with van der Waals surface area (Å²) in [5, 5.41) is 12.1. The first kappa shape index (κ1) is 8.01. The fraction of sp³-hybridized carbons (Fsp3) is 0.875. The quantitative estimate of drug-likeness (QED) is 0.547. The van der Waals surface area contributed by atoms with Gasteiger partial charge in [-0.05, 0) is 19.0 Å². The number of nitrogens with one attached hydrogen (secondary N) is 1. The van der Waals surface area contributed by atoms with E-state index in [0.29, 0.717) is 25.4 Å². The molecule has 0 aromatic heterocycles. The molecule has 0 aromatic carbocycles. The summed E-state index contributed by atoms with van der Waals surface area (Å²) in [6, 6.07) is 0. The smallest absolute Gasteiger partial charge is 0.223 e. The molecule has 0 bridgehead atoms. The predicted molar refractivity (Wildman–Crippen MR) is 43.6 cm³/mol. The van der Waals surface area contributed by atoms with Crippen molar-refractivity contribution in [1.29, 1.82) is 0 Å². The van der Waals surface area contributed by atoms with Crippen LogP contribution in [0.25, 0.3) is 0 Å².